The molecular weight excluding hydrogens is 575 g/mol. The van der Waals surface area contributed by atoms with Gasteiger partial charge in [0.1, 0.15) is 10.7 Å². The summed E-state index contributed by atoms with van der Waals surface area (Å²) in [5.74, 6) is 2.45. The molecule has 248 valence electrons. The van der Waals surface area contributed by atoms with Gasteiger partial charge in [-0.25, -0.2) is 4.79 Å². The van der Waals surface area contributed by atoms with Gasteiger partial charge in [0.15, 0.2) is 0 Å². The Kier molecular flexibility index (Phi) is 8.25. The molecule has 0 amide bonds. The molecule has 4 fully saturated rings. The van der Waals surface area contributed by atoms with Crippen molar-refractivity contribution in [2.75, 3.05) is 20.6 Å². The van der Waals surface area contributed by atoms with E-state index >= 15 is 0 Å². The third-order valence-corrected chi connectivity index (χ3v) is 16.4. The Morgan fingerprint density at radius 3 is 2.33 bits per heavy atom. The number of Topliss-reactive ketones (excluding diaryl/α,β-unsaturated/α-hetero) is 1. The standard InChI is InChI=1S/C40H59NO3S/c1-25(2)26-16-21-40(33(42)11-10-24-41(8)9)23-22-38(6)28(34(26)40)12-15-32-37(5)19-17-27(29-13-14-30(45-29)35(43)44)36(3,4)31(37)18-20-39(32,38)7/h13-14,17,26,28,31-32,34H,1,10-12,15-16,18-24H2,2-9H3,(H,43,44)/t26-,28+,31-,32+,34+,37-,38+,39+,40+/m0/s1. The van der Waals surface area contributed by atoms with Gasteiger partial charge in [-0.3, -0.25) is 4.79 Å². The van der Waals surface area contributed by atoms with Gasteiger partial charge in [0.25, 0.3) is 0 Å². The first-order valence-electron chi connectivity index (χ1n) is 17.9. The number of fused-ring (bicyclic) bond motifs is 7. The number of carboxylic acid groups (broad SMARTS) is 1. The molecule has 0 bridgehead atoms. The highest BCUT2D eigenvalue weighted by Crippen LogP contribution is 2.78. The zero-order valence-electron chi connectivity index (χ0n) is 29.4. The number of carbonyl (C=O) groups excluding carboxylic acids is 1. The molecule has 1 heterocycles. The van der Waals surface area contributed by atoms with Crippen molar-refractivity contribution in [3.63, 3.8) is 0 Å². The van der Waals surface area contributed by atoms with E-state index in [9.17, 15) is 14.7 Å². The molecule has 5 heteroatoms. The van der Waals surface area contributed by atoms with Crippen molar-refractivity contribution < 1.29 is 14.7 Å². The summed E-state index contributed by atoms with van der Waals surface area (Å²) in [6.07, 6.45) is 14.7. The molecule has 1 aromatic rings. The lowest BCUT2D eigenvalue weighted by Gasteiger charge is -2.72. The third kappa shape index (κ3) is 4.74. The first-order valence-corrected chi connectivity index (χ1v) is 18.7. The van der Waals surface area contributed by atoms with Crippen LogP contribution in [0.4, 0.5) is 0 Å². The minimum absolute atomic E-state index is 0.0100. The van der Waals surface area contributed by atoms with Gasteiger partial charge < -0.3 is 10.0 Å². The number of hydrogen-bond acceptors (Lipinski definition) is 4. The molecule has 0 aliphatic heterocycles. The zero-order chi connectivity index (χ0) is 32.7. The largest absolute Gasteiger partial charge is 0.477 e. The number of aromatic carboxylic acids is 1. The molecule has 0 aromatic carbocycles. The molecule has 5 aliphatic rings. The van der Waals surface area contributed by atoms with E-state index in [2.05, 4.69) is 73.2 Å². The number of carboxylic acids is 1. The van der Waals surface area contributed by atoms with Crippen molar-refractivity contribution in [1.29, 1.82) is 0 Å². The monoisotopic (exact) mass is 633 g/mol. The number of rotatable bonds is 8. The van der Waals surface area contributed by atoms with Gasteiger partial charge in [0.05, 0.1) is 0 Å². The number of ketones is 1. The van der Waals surface area contributed by atoms with Crippen molar-refractivity contribution in [3.8, 4) is 0 Å². The minimum Gasteiger partial charge on any atom is -0.477 e. The van der Waals surface area contributed by atoms with Crippen molar-refractivity contribution >= 4 is 28.7 Å². The van der Waals surface area contributed by atoms with E-state index in [1.54, 1.807) is 6.07 Å². The number of nitrogens with zero attached hydrogens (tertiary/aromatic N) is 1. The van der Waals surface area contributed by atoms with Crippen LogP contribution in [0.5, 0.6) is 0 Å². The van der Waals surface area contributed by atoms with Crippen molar-refractivity contribution in [1.82, 2.24) is 4.90 Å². The second-order valence-electron chi connectivity index (χ2n) is 17.7. The van der Waals surface area contributed by atoms with Crippen LogP contribution >= 0.6 is 11.3 Å². The van der Waals surface area contributed by atoms with Gasteiger partial charge >= 0.3 is 5.97 Å². The van der Waals surface area contributed by atoms with Crippen LogP contribution < -0.4 is 0 Å². The molecule has 1 aromatic heterocycles. The normalized spacial score (nSPS) is 41.8. The fourth-order valence-corrected chi connectivity index (χ4v) is 14.1. The number of hydrogen-bond donors (Lipinski definition) is 1. The van der Waals surface area contributed by atoms with Gasteiger partial charge in [-0.1, -0.05) is 52.8 Å². The Morgan fingerprint density at radius 2 is 1.69 bits per heavy atom. The lowest BCUT2D eigenvalue weighted by Crippen LogP contribution is -2.65. The van der Waals surface area contributed by atoms with Crippen molar-refractivity contribution in [3.05, 3.63) is 40.1 Å². The first-order chi connectivity index (χ1) is 21.0. The fourth-order valence-electron chi connectivity index (χ4n) is 13.1. The number of thiophene rings is 1. The summed E-state index contributed by atoms with van der Waals surface area (Å²) in [6, 6.07) is 3.82. The Bertz CT molecular complexity index is 1400. The molecular formula is C40H59NO3S. The van der Waals surface area contributed by atoms with Crippen LogP contribution in [0.15, 0.2) is 30.4 Å². The number of allylic oxidation sites excluding steroid dienone is 3. The minimum atomic E-state index is -0.827. The summed E-state index contributed by atoms with van der Waals surface area (Å²) in [6.45, 7) is 20.6. The summed E-state index contributed by atoms with van der Waals surface area (Å²) in [4.78, 5) is 29.8. The van der Waals surface area contributed by atoms with Crippen LogP contribution in [0.3, 0.4) is 0 Å². The summed E-state index contributed by atoms with van der Waals surface area (Å²) in [5.41, 5.74) is 3.18. The fraction of sp³-hybridized carbons (Fsp3) is 0.750. The van der Waals surface area contributed by atoms with Crippen LogP contribution in [-0.4, -0.2) is 42.4 Å². The highest BCUT2D eigenvalue weighted by molar-refractivity contribution is 7.15. The molecule has 0 unspecified atom stereocenters. The molecule has 6 rings (SSSR count). The van der Waals surface area contributed by atoms with Crippen LogP contribution in [0.25, 0.3) is 5.57 Å². The Labute approximate surface area is 277 Å². The maximum atomic E-state index is 14.3. The van der Waals surface area contributed by atoms with Gasteiger partial charge in [-0.05, 0) is 161 Å². The smallest absolute Gasteiger partial charge is 0.345 e. The summed E-state index contributed by atoms with van der Waals surface area (Å²) < 4.78 is 0. The first kappa shape index (κ1) is 33.2. The molecule has 5 aliphatic carbocycles. The second kappa shape index (κ2) is 11.2. The topological polar surface area (TPSA) is 57.6 Å². The lowest BCUT2D eigenvalue weighted by atomic mass is 9.32. The maximum absolute atomic E-state index is 14.3. The van der Waals surface area contributed by atoms with E-state index in [-0.39, 0.29) is 27.1 Å². The van der Waals surface area contributed by atoms with Crippen LogP contribution in [0.2, 0.25) is 0 Å². The molecule has 0 saturated heterocycles. The average Bonchev–Trinajstić information content (AvgIpc) is 3.59. The van der Waals surface area contributed by atoms with E-state index in [1.807, 2.05) is 6.07 Å². The third-order valence-electron chi connectivity index (χ3n) is 15.3. The molecule has 9 atom stereocenters. The predicted octanol–water partition coefficient (Wildman–Crippen LogP) is 10.0. The average molecular weight is 634 g/mol. The lowest BCUT2D eigenvalue weighted by molar-refractivity contribution is -0.224. The van der Waals surface area contributed by atoms with Crippen molar-refractivity contribution in [2.24, 2.45) is 56.7 Å². The molecule has 0 spiro atoms. The van der Waals surface area contributed by atoms with Gasteiger partial charge in [-0.15, -0.1) is 11.3 Å². The molecule has 4 saturated carbocycles. The Morgan fingerprint density at radius 1 is 0.956 bits per heavy atom. The summed E-state index contributed by atoms with van der Waals surface area (Å²) in [5, 5.41) is 9.61. The molecule has 45 heavy (non-hydrogen) atoms. The highest BCUT2D eigenvalue weighted by Gasteiger charge is 2.71. The Balaban J connectivity index is 1.33. The Hall–Kier alpha value is -1.72. The molecule has 4 nitrogen and oxygen atoms in total. The summed E-state index contributed by atoms with van der Waals surface area (Å²) in [7, 11) is 4.22. The van der Waals surface area contributed by atoms with E-state index in [0.29, 0.717) is 40.2 Å². The maximum Gasteiger partial charge on any atom is 0.345 e. The number of carbonyl (C=O) groups is 2. The van der Waals surface area contributed by atoms with E-state index < -0.39 is 5.97 Å². The van der Waals surface area contributed by atoms with E-state index in [4.69, 9.17) is 0 Å². The summed E-state index contributed by atoms with van der Waals surface area (Å²) >= 11 is 1.44. The SMILES string of the molecule is C=C(C)[C@@H]1CC[C@]2(C(=O)CCCN(C)C)CC[C@]3(C)[C@H](CC[C@@H]4[C@@]5(C)CC=C(c6ccc(C(=O)O)s6)C(C)(C)[C@@H]5CC[C@]43C)[C@@H]12. The van der Waals surface area contributed by atoms with Crippen LogP contribution in [0.1, 0.15) is 127 Å². The van der Waals surface area contributed by atoms with Gasteiger partial charge in [0.2, 0.25) is 0 Å². The second-order valence-corrected chi connectivity index (χ2v) is 18.8. The quantitative estimate of drug-likeness (QED) is 0.290. The zero-order valence-corrected chi connectivity index (χ0v) is 30.2. The van der Waals surface area contributed by atoms with Gasteiger partial charge in [-0.2, -0.15) is 0 Å². The van der Waals surface area contributed by atoms with E-state index in [0.717, 1.165) is 49.9 Å². The molecule has 0 radical (unpaired) electrons. The van der Waals surface area contributed by atoms with Crippen LogP contribution in [-0.2, 0) is 4.79 Å². The van der Waals surface area contributed by atoms with Crippen molar-refractivity contribution in [2.45, 2.75) is 112 Å². The predicted molar refractivity (Wildman–Crippen MR) is 186 cm³/mol. The van der Waals surface area contributed by atoms with Gasteiger partial charge in [0, 0.05) is 16.7 Å². The van der Waals surface area contributed by atoms with Crippen LogP contribution in [0, 0.1) is 56.7 Å². The van der Waals surface area contributed by atoms with E-state index in [1.165, 1.54) is 54.6 Å². The highest BCUT2D eigenvalue weighted by atomic mass is 32.1. The molecule has 1 N–H and O–H groups in total.